The van der Waals surface area contributed by atoms with Gasteiger partial charge >= 0.3 is 5.69 Å². The van der Waals surface area contributed by atoms with Crippen molar-refractivity contribution in [3.63, 3.8) is 0 Å². The second-order valence-corrected chi connectivity index (χ2v) is 6.62. The summed E-state index contributed by atoms with van der Waals surface area (Å²) >= 11 is 1.56. The first-order valence-corrected chi connectivity index (χ1v) is 8.80. The molecule has 0 aliphatic heterocycles. The number of hydrogen-bond donors (Lipinski definition) is 1. The molecule has 10 heteroatoms. The van der Waals surface area contributed by atoms with E-state index < -0.39 is 11.2 Å². The van der Waals surface area contributed by atoms with Gasteiger partial charge in [-0.15, -0.1) is 0 Å². The van der Waals surface area contributed by atoms with E-state index in [0.717, 1.165) is 10.1 Å². The average Bonchev–Trinajstić information content (AvgIpc) is 3.29. The van der Waals surface area contributed by atoms with E-state index >= 15 is 0 Å². The van der Waals surface area contributed by atoms with Crippen LogP contribution in [-0.4, -0.2) is 38.2 Å². The standard InChI is InChI=1S/C16H19N5O4S/c1-19-14-13(15(23)20(2)16(19)24)21(9-18-14)7-12(22)17-6-11(25-3)10-4-5-26-8-10/h4-5,8-9,11H,6-7H2,1-3H3,(H,17,22)/t11-/m0/s1. The number of rotatable bonds is 6. The molecule has 0 radical (unpaired) electrons. The van der Waals surface area contributed by atoms with E-state index in [0.29, 0.717) is 6.54 Å². The minimum atomic E-state index is -0.485. The van der Waals surface area contributed by atoms with Crippen molar-refractivity contribution in [2.75, 3.05) is 13.7 Å². The predicted molar refractivity (Wildman–Crippen MR) is 97.3 cm³/mol. The molecule has 1 atom stereocenters. The van der Waals surface area contributed by atoms with Gasteiger partial charge in [0, 0.05) is 27.7 Å². The van der Waals surface area contributed by atoms with E-state index in [1.54, 1.807) is 18.4 Å². The molecule has 0 spiro atoms. The number of nitrogens with zero attached hydrogens (tertiary/aromatic N) is 4. The number of amides is 1. The molecule has 26 heavy (non-hydrogen) atoms. The molecule has 0 unspecified atom stereocenters. The summed E-state index contributed by atoms with van der Waals surface area (Å²) in [5.41, 5.74) is 0.511. The lowest BCUT2D eigenvalue weighted by atomic mass is 10.2. The van der Waals surface area contributed by atoms with Crippen LogP contribution in [0.25, 0.3) is 11.2 Å². The number of imidazole rings is 1. The van der Waals surface area contributed by atoms with Gasteiger partial charge in [-0.3, -0.25) is 18.7 Å². The van der Waals surface area contributed by atoms with Crippen LogP contribution >= 0.6 is 11.3 Å². The van der Waals surface area contributed by atoms with Gasteiger partial charge in [-0.1, -0.05) is 0 Å². The molecule has 1 N–H and O–H groups in total. The van der Waals surface area contributed by atoms with Gasteiger partial charge in [0.1, 0.15) is 12.6 Å². The maximum absolute atomic E-state index is 12.4. The Balaban J connectivity index is 1.78. The molecule has 3 aromatic heterocycles. The normalized spacial score (nSPS) is 12.4. The Bertz CT molecular complexity index is 1050. The maximum Gasteiger partial charge on any atom is 0.332 e. The second kappa shape index (κ2) is 7.26. The van der Waals surface area contributed by atoms with Gasteiger partial charge in [-0.25, -0.2) is 9.78 Å². The quantitative estimate of drug-likeness (QED) is 0.652. The highest BCUT2D eigenvalue weighted by Gasteiger charge is 2.17. The van der Waals surface area contributed by atoms with Crippen molar-refractivity contribution >= 4 is 28.4 Å². The molecule has 0 fully saturated rings. The Hall–Kier alpha value is -2.72. The van der Waals surface area contributed by atoms with Crippen molar-refractivity contribution in [1.82, 2.24) is 24.0 Å². The first-order valence-electron chi connectivity index (χ1n) is 7.86. The van der Waals surface area contributed by atoms with Crippen molar-refractivity contribution < 1.29 is 9.53 Å². The third kappa shape index (κ3) is 3.20. The zero-order chi connectivity index (χ0) is 18.8. The van der Waals surface area contributed by atoms with Crippen LogP contribution in [0.2, 0.25) is 0 Å². The molecule has 3 rings (SSSR count). The molecule has 3 heterocycles. The number of thiophene rings is 1. The topological polar surface area (TPSA) is 100 Å². The lowest BCUT2D eigenvalue weighted by molar-refractivity contribution is -0.122. The molecule has 1 amide bonds. The second-order valence-electron chi connectivity index (χ2n) is 5.84. The van der Waals surface area contributed by atoms with Crippen LogP contribution in [0.4, 0.5) is 0 Å². The summed E-state index contributed by atoms with van der Waals surface area (Å²) in [4.78, 5) is 40.7. The van der Waals surface area contributed by atoms with E-state index in [-0.39, 0.29) is 29.7 Å². The number of nitrogens with one attached hydrogen (secondary N) is 1. The van der Waals surface area contributed by atoms with Gasteiger partial charge in [-0.2, -0.15) is 11.3 Å². The van der Waals surface area contributed by atoms with E-state index in [1.807, 2.05) is 16.8 Å². The average molecular weight is 377 g/mol. The van der Waals surface area contributed by atoms with Crippen molar-refractivity contribution in [2.45, 2.75) is 12.6 Å². The third-order valence-electron chi connectivity index (χ3n) is 4.22. The van der Waals surface area contributed by atoms with Crippen molar-refractivity contribution in [1.29, 1.82) is 0 Å². The third-order valence-corrected chi connectivity index (χ3v) is 4.92. The summed E-state index contributed by atoms with van der Waals surface area (Å²) < 4.78 is 9.12. The summed E-state index contributed by atoms with van der Waals surface area (Å²) in [6.07, 6.45) is 1.15. The minimum Gasteiger partial charge on any atom is -0.375 e. The molecular formula is C16H19N5O4S. The van der Waals surface area contributed by atoms with E-state index in [1.165, 1.54) is 29.6 Å². The number of aromatic nitrogens is 4. The highest BCUT2D eigenvalue weighted by Crippen LogP contribution is 2.18. The van der Waals surface area contributed by atoms with Crippen molar-refractivity contribution in [2.24, 2.45) is 14.1 Å². The predicted octanol–water partition coefficient (Wildman–Crippen LogP) is -0.000900. The minimum absolute atomic E-state index is 0.0794. The summed E-state index contributed by atoms with van der Waals surface area (Å²) in [7, 11) is 4.51. The van der Waals surface area contributed by atoms with Crippen LogP contribution < -0.4 is 16.6 Å². The molecule has 0 aliphatic carbocycles. The number of methoxy groups -OCH3 is 1. The molecule has 0 aliphatic rings. The molecule has 0 saturated heterocycles. The van der Waals surface area contributed by atoms with Gasteiger partial charge in [0.15, 0.2) is 11.2 Å². The molecular weight excluding hydrogens is 358 g/mol. The van der Waals surface area contributed by atoms with Crippen LogP contribution in [0.5, 0.6) is 0 Å². The van der Waals surface area contributed by atoms with Crippen LogP contribution in [0, 0.1) is 0 Å². The molecule has 0 bridgehead atoms. The zero-order valence-electron chi connectivity index (χ0n) is 14.6. The van der Waals surface area contributed by atoms with E-state index in [2.05, 4.69) is 10.3 Å². The van der Waals surface area contributed by atoms with Gasteiger partial charge < -0.3 is 14.6 Å². The number of ether oxygens (including phenoxy) is 1. The highest BCUT2D eigenvalue weighted by atomic mass is 32.1. The van der Waals surface area contributed by atoms with Gasteiger partial charge in [0.25, 0.3) is 5.56 Å². The highest BCUT2D eigenvalue weighted by molar-refractivity contribution is 7.07. The summed E-state index contributed by atoms with van der Waals surface area (Å²) in [5.74, 6) is -0.280. The van der Waals surface area contributed by atoms with Gasteiger partial charge in [0.2, 0.25) is 5.91 Å². The SMILES string of the molecule is CO[C@@H](CNC(=O)Cn1cnc2c1c(=O)n(C)c(=O)n2C)c1ccsc1. The zero-order valence-corrected chi connectivity index (χ0v) is 15.4. The van der Waals surface area contributed by atoms with Crippen LogP contribution in [0.1, 0.15) is 11.7 Å². The molecule has 0 aromatic carbocycles. The van der Waals surface area contributed by atoms with Gasteiger partial charge in [0.05, 0.1) is 6.33 Å². The van der Waals surface area contributed by atoms with Crippen LogP contribution in [0.3, 0.4) is 0 Å². The maximum atomic E-state index is 12.4. The fourth-order valence-electron chi connectivity index (χ4n) is 2.73. The van der Waals surface area contributed by atoms with Crippen LogP contribution in [0.15, 0.2) is 32.7 Å². The lowest BCUT2D eigenvalue weighted by Gasteiger charge is -2.15. The largest absolute Gasteiger partial charge is 0.375 e. The first-order chi connectivity index (χ1) is 12.4. The molecule has 138 valence electrons. The van der Waals surface area contributed by atoms with E-state index in [4.69, 9.17) is 4.74 Å². The lowest BCUT2D eigenvalue weighted by Crippen LogP contribution is -2.38. The first kappa shape index (κ1) is 18.1. The van der Waals surface area contributed by atoms with Crippen molar-refractivity contribution in [3.05, 3.63) is 49.6 Å². The number of fused-ring (bicyclic) bond motifs is 1. The number of aryl methyl sites for hydroxylation is 1. The van der Waals surface area contributed by atoms with Crippen LogP contribution in [-0.2, 0) is 30.2 Å². The Morgan fingerprint density at radius 3 is 2.77 bits per heavy atom. The fraction of sp³-hybridized carbons (Fsp3) is 0.375. The van der Waals surface area contributed by atoms with Gasteiger partial charge in [-0.05, 0) is 22.4 Å². The van der Waals surface area contributed by atoms with E-state index in [9.17, 15) is 14.4 Å². The Morgan fingerprint density at radius 2 is 2.12 bits per heavy atom. The number of hydrogen-bond acceptors (Lipinski definition) is 6. The summed E-state index contributed by atoms with van der Waals surface area (Å²) in [5, 5.41) is 6.71. The summed E-state index contributed by atoms with van der Waals surface area (Å²) in [6.45, 7) is 0.235. The molecule has 0 saturated carbocycles. The Kier molecular flexibility index (Phi) is 5.05. The Morgan fingerprint density at radius 1 is 1.35 bits per heavy atom. The smallest absolute Gasteiger partial charge is 0.332 e. The number of carbonyl (C=O) groups excluding carboxylic acids is 1. The monoisotopic (exact) mass is 377 g/mol. The van der Waals surface area contributed by atoms with Crippen molar-refractivity contribution in [3.8, 4) is 0 Å². The molecule has 3 aromatic rings. The molecule has 9 nitrogen and oxygen atoms in total. The summed E-state index contributed by atoms with van der Waals surface area (Å²) in [6, 6.07) is 1.94. The Labute approximate surface area is 152 Å². The fourth-order valence-corrected chi connectivity index (χ4v) is 3.43. The number of carbonyl (C=O) groups is 1.